The zero-order valence-corrected chi connectivity index (χ0v) is 12.4. The number of aromatic nitrogens is 2. The van der Waals surface area contributed by atoms with Gasteiger partial charge in [0.1, 0.15) is 5.69 Å². The Morgan fingerprint density at radius 2 is 2.39 bits per heavy atom. The van der Waals surface area contributed by atoms with Gasteiger partial charge in [0.2, 0.25) is 0 Å². The third-order valence-corrected chi connectivity index (χ3v) is 3.41. The molecule has 18 heavy (non-hydrogen) atoms. The summed E-state index contributed by atoms with van der Waals surface area (Å²) in [6, 6.07) is 0. The van der Waals surface area contributed by atoms with Crippen LogP contribution in [-0.2, 0) is 11.3 Å². The van der Waals surface area contributed by atoms with Crippen molar-refractivity contribution < 1.29 is 9.53 Å². The number of carbonyl (C=O) groups is 1. The lowest BCUT2D eigenvalue weighted by atomic mass is 10.0. The average molecular weight is 318 g/mol. The third kappa shape index (κ3) is 4.19. The zero-order valence-electron chi connectivity index (χ0n) is 10.9. The number of hydrogen-bond acceptors (Lipinski definition) is 4. The number of carbonyl (C=O) groups excluding carboxylic acids is 1. The Morgan fingerprint density at radius 1 is 1.67 bits per heavy atom. The minimum absolute atomic E-state index is 0.0933. The van der Waals surface area contributed by atoms with Crippen molar-refractivity contribution in [2.24, 2.45) is 11.7 Å². The van der Waals surface area contributed by atoms with E-state index >= 15 is 0 Å². The van der Waals surface area contributed by atoms with Crippen LogP contribution < -0.4 is 5.73 Å². The van der Waals surface area contributed by atoms with Crippen molar-refractivity contribution in [1.82, 2.24) is 9.78 Å². The van der Waals surface area contributed by atoms with Crippen LogP contribution in [0.1, 0.15) is 30.3 Å². The van der Waals surface area contributed by atoms with E-state index in [1.54, 1.807) is 18.0 Å². The molecule has 0 fully saturated rings. The quantitative estimate of drug-likeness (QED) is 0.743. The summed E-state index contributed by atoms with van der Waals surface area (Å²) in [5.41, 5.74) is 6.17. The lowest BCUT2D eigenvalue weighted by Crippen LogP contribution is -2.16. The fraction of sp³-hybridized carbons (Fsp3) is 0.667. The first-order valence-corrected chi connectivity index (χ1v) is 6.83. The van der Waals surface area contributed by atoms with Gasteiger partial charge in [-0.25, -0.2) is 0 Å². The van der Waals surface area contributed by atoms with Gasteiger partial charge in [0.25, 0.3) is 0 Å². The summed E-state index contributed by atoms with van der Waals surface area (Å²) in [6.45, 7) is 3.77. The van der Waals surface area contributed by atoms with Crippen molar-refractivity contribution in [2.45, 2.75) is 26.3 Å². The standard InChI is InChI=1S/C12H20BrN3O2/c1-9(7-14)3-4-11(17)12-10(13)8-15-16(12)5-6-18-2/h8-9H,3-7,14H2,1-2H3. The Labute approximate surface area is 116 Å². The molecule has 102 valence electrons. The molecule has 1 rings (SSSR count). The van der Waals surface area contributed by atoms with Crippen LogP contribution in [0.25, 0.3) is 0 Å². The number of nitrogens with zero attached hydrogens (tertiary/aromatic N) is 2. The van der Waals surface area contributed by atoms with Gasteiger partial charge in [0, 0.05) is 13.5 Å². The van der Waals surface area contributed by atoms with Crippen LogP contribution in [0.2, 0.25) is 0 Å². The van der Waals surface area contributed by atoms with Gasteiger partial charge in [-0.2, -0.15) is 5.10 Å². The van der Waals surface area contributed by atoms with Crippen molar-refractivity contribution in [1.29, 1.82) is 0 Å². The highest BCUT2D eigenvalue weighted by molar-refractivity contribution is 9.10. The molecule has 0 aliphatic heterocycles. The number of nitrogens with two attached hydrogens (primary N) is 1. The molecule has 6 heteroatoms. The van der Waals surface area contributed by atoms with Crippen LogP contribution in [0.15, 0.2) is 10.7 Å². The lowest BCUT2D eigenvalue weighted by molar-refractivity contribution is 0.0960. The van der Waals surface area contributed by atoms with Crippen LogP contribution in [0.5, 0.6) is 0 Å². The van der Waals surface area contributed by atoms with E-state index in [4.69, 9.17) is 10.5 Å². The SMILES string of the molecule is COCCn1ncc(Br)c1C(=O)CCC(C)CN. The van der Waals surface area contributed by atoms with Crippen molar-refractivity contribution >= 4 is 21.7 Å². The molecular weight excluding hydrogens is 298 g/mol. The summed E-state index contributed by atoms with van der Waals surface area (Å²) in [5.74, 6) is 0.457. The number of halogens is 1. The first-order chi connectivity index (χ1) is 8.60. The Hall–Kier alpha value is -0.720. The summed E-state index contributed by atoms with van der Waals surface area (Å²) in [5, 5.41) is 4.17. The van der Waals surface area contributed by atoms with Crippen molar-refractivity contribution in [2.75, 3.05) is 20.3 Å². The van der Waals surface area contributed by atoms with Gasteiger partial charge < -0.3 is 10.5 Å². The maximum atomic E-state index is 12.2. The van der Waals surface area contributed by atoms with Crippen LogP contribution in [0.4, 0.5) is 0 Å². The second kappa shape index (κ2) is 7.66. The molecule has 2 N–H and O–H groups in total. The molecule has 1 aromatic rings. The summed E-state index contributed by atoms with van der Waals surface area (Å²) in [4.78, 5) is 12.2. The number of ketones is 1. The molecular formula is C12H20BrN3O2. The highest BCUT2D eigenvalue weighted by Gasteiger charge is 2.17. The number of ether oxygens (including phenoxy) is 1. The fourth-order valence-corrected chi connectivity index (χ4v) is 2.12. The van der Waals surface area contributed by atoms with E-state index in [0.717, 1.165) is 10.9 Å². The summed E-state index contributed by atoms with van der Waals surface area (Å²) < 4.78 is 7.42. The summed E-state index contributed by atoms with van der Waals surface area (Å²) in [6.07, 6.45) is 2.95. The number of hydrogen-bond donors (Lipinski definition) is 1. The number of Topliss-reactive ketones (excluding diaryl/α,β-unsaturated/α-hetero) is 1. The highest BCUT2D eigenvalue weighted by atomic mass is 79.9. The fourth-order valence-electron chi connectivity index (χ4n) is 1.60. The average Bonchev–Trinajstić information content (AvgIpc) is 2.74. The maximum absolute atomic E-state index is 12.2. The molecule has 0 aromatic carbocycles. The first-order valence-electron chi connectivity index (χ1n) is 6.03. The normalized spacial score (nSPS) is 12.7. The van der Waals surface area contributed by atoms with Crippen LogP contribution >= 0.6 is 15.9 Å². The molecule has 0 bridgehead atoms. The second-order valence-corrected chi connectivity index (χ2v) is 5.21. The predicted octanol–water partition coefficient (Wildman–Crippen LogP) is 1.85. The van der Waals surface area contributed by atoms with Gasteiger partial charge in [-0.05, 0) is 34.8 Å². The maximum Gasteiger partial charge on any atom is 0.182 e. The van der Waals surface area contributed by atoms with E-state index in [-0.39, 0.29) is 5.78 Å². The minimum Gasteiger partial charge on any atom is -0.383 e. The van der Waals surface area contributed by atoms with Crippen LogP contribution in [0.3, 0.4) is 0 Å². The molecule has 0 radical (unpaired) electrons. The molecule has 0 saturated carbocycles. The summed E-state index contributed by atoms with van der Waals surface area (Å²) in [7, 11) is 1.63. The molecule has 5 nitrogen and oxygen atoms in total. The smallest absolute Gasteiger partial charge is 0.182 e. The molecule has 1 atom stereocenters. The minimum atomic E-state index is 0.0933. The second-order valence-electron chi connectivity index (χ2n) is 4.36. The topological polar surface area (TPSA) is 70.1 Å². The van der Waals surface area contributed by atoms with Crippen molar-refractivity contribution in [3.63, 3.8) is 0 Å². The van der Waals surface area contributed by atoms with E-state index in [0.29, 0.717) is 37.7 Å². The molecule has 0 spiro atoms. The van der Waals surface area contributed by atoms with E-state index in [1.807, 2.05) is 6.92 Å². The van der Waals surface area contributed by atoms with Gasteiger partial charge in [-0.3, -0.25) is 9.48 Å². The largest absolute Gasteiger partial charge is 0.383 e. The summed E-state index contributed by atoms with van der Waals surface area (Å²) >= 11 is 3.36. The van der Waals surface area contributed by atoms with Gasteiger partial charge >= 0.3 is 0 Å². The van der Waals surface area contributed by atoms with Crippen LogP contribution in [-0.4, -0.2) is 35.8 Å². The Bertz CT molecular complexity index is 393. The molecule has 0 saturated heterocycles. The molecule has 1 aromatic heterocycles. The molecule has 1 heterocycles. The number of methoxy groups -OCH3 is 1. The highest BCUT2D eigenvalue weighted by Crippen LogP contribution is 2.19. The van der Waals surface area contributed by atoms with Crippen molar-refractivity contribution in [3.8, 4) is 0 Å². The van der Waals surface area contributed by atoms with E-state index < -0.39 is 0 Å². The van der Waals surface area contributed by atoms with Gasteiger partial charge in [0.05, 0.1) is 23.8 Å². The molecule has 1 unspecified atom stereocenters. The monoisotopic (exact) mass is 317 g/mol. The molecule has 0 amide bonds. The van der Waals surface area contributed by atoms with Crippen molar-refractivity contribution in [3.05, 3.63) is 16.4 Å². The first kappa shape index (κ1) is 15.3. The molecule has 0 aliphatic carbocycles. The Kier molecular flexibility index (Phi) is 6.52. The Morgan fingerprint density at radius 3 is 3.00 bits per heavy atom. The van der Waals surface area contributed by atoms with E-state index in [2.05, 4.69) is 21.0 Å². The van der Waals surface area contributed by atoms with Crippen LogP contribution in [0, 0.1) is 5.92 Å². The Balaban J connectivity index is 2.68. The van der Waals surface area contributed by atoms with E-state index in [1.165, 1.54) is 0 Å². The molecule has 0 aliphatic rings. The van der Waals surface area contributed by atoms with Gasteiger partial charge in [-0.15, -0.1) is 0 Å². The van der Waals surface area contributed by atoms with Gasteiger partial charge in [0.15, 0.2) is 5.78 Å². The predicted molar refractivity (Wildman–Crippen MR) is 73.6 cm³/mol. The van der Waals surface area contributed by atoms with Gasteiger partial charge in [-0.1, -0.05) is 6.92 Å². The van der Waals surface area contributed by atoms with E-state index in [9.17, 15) is 4.79 Å². The third-order valence-electron chi connectivity index (χ3n) is 2.83. The lowest BCUT2D eigenvalue weighted by Gasteiger charge is -2.09. The number of rotatable bonds is 8. The zero-order chi connectivity index (χ0) is 13.5.